The van der Waals surface area contributed by atoms with Gasteiger partial charge in [0.15, 0.2) is 0 Å². The minimum Gasteiger partial charge on any atom is -0.449 e. The van der Waals surface area contributed by atoms with E-state index in [0.717, 1.165) is 21.2 Å². The van der Waals surface area contributed by atoms with Crippen molar-refractivity contribution >= 4 is 27.5 Å². The molecule has 0 fully saturated rings. The molecule has 1 heterocycles. The molecule has 1 aliphatic carbocycles. The molecule has 162 valence electrons. The Bertz CT molecular complexity index is 1220. The predicted octanol–water partition coefficient (Wildman–Crippen LogP) is 4.83. The maximum Gasteiger partial charge on any atom is 0.407 e. The van der Waals surface area contributed by atoms with Crippen molar-refractivity contribution in [3.63, 3.8) is 0 Å². The van der Waals surface area contributed by atoms with Crippen LogP contribution >= 0.6 is 11.3 Å². The third kappa shape index (κ3) is 3.77. The van der Waals surface area contributed by atoms with Crippen LogP contribution in [0.4, 0.5) is 4.79 Å². The van der Waals surface area contributed by atoms with Crippen LogP contribution in [-0.4, -0.2) is 35.6 Å². The van der Waals surface area contributed by atoms with Gasteiger partial charge < -0.3 is 20.3 Å². The molecular weight excluding hydrogens is 422 g/mol. The lowest BCUT2D eigenvalue weighted by molar-refractivity contribution is 0.0196. The number of hydrogen-bond acceptors (Lipinski definition) is 5. The first-order valence-electron chi connectivity index (χ1n) is 10.5. The monoisotopic (exact) mass is 445 g/mol. The average molecular weight is 446 g/mol. The van der Waals surface area contributed by atoms with E-state index in [0.29, 0.717) is 5.56 Å². The molecule has 2 atom stereocenters. The number of carbonyl (C=O) groups excluding carboxylic acids is 1. The van der Waals surface area contributed by atoms with Gasteiger partial charge in [-0.05, 0) is 39.1 Å². The average Bonchev–Trinajstić information content (AvgIpc) is 3.40. The number of fused-ring (bicyclic) bond motifs is 4. The van der Waals surface area contributed by atoms with Gasteiger partial charge in [0.1, 0.15) is 18.8 Å². The van der Waals surface area contributed by atoms with Crippen molar-refractivity contribution in [3.05, 3.63) is 94.9 Å². The number of rotatable bonds is 6. The van der Waals surface area contributed by atoms with Gasteiger partial charge in [0.2, 0.25) is 0 Å². The summed E-state index contributed by atoms with van der Waals surface area (Å²) in [5.41, 5.74) is 5.27. The topological polar surface area (TPSA) is 78.8 Å². The highest BCUT2D eigenvalue weighted by Gasteiger charge is 2.29. The number of benzene rings is 3. The molecule has 0 bridgehead atoms. The lowest BCUT2D eigenvalue weighted by atomic mass is 9.98. The third-order valence-corrected chi connectivity index (χ3v) is 6.97. The van der Waals surface area contributed by atoms with Gasteiger partial charge >= 0.3 is 6.09 Å². The van der Waals surface area contributed by atoms with Crippen molar-refractivity contribution < 1.29 is 19.7 Å². The quantitative estimate of drug-likeness (QED) is 0.397. The van der Waals surface area contributed by atoms with Crippen LogP contribution < -0.4 is 5.32 Å². The van der Waals surface area contributed by atoms with Crippen LogP contribution in [0.3, 0.4) is 0 Å². The van der Waals surface area contributed by atoms with Gasteiger partial charge in [-0.15, -0.1) is 11.3 Å². The molecule has 0 spiro atoms. The number of thiophene rings is 1. The normalized spacial score (nSPS) is 14.6. The fraction of sp³-hybridized carbons (Fsp3) is 0.192. The molecular formula is C26H23NO4S. The van der Waals surface area contributed by atoms with Crippen molar-refractivity contribution in [1.29, 1.82) is 0 Å². The largest absolute Gasteiger partial charge is 0.449 e. The van der Waals surface area contributed by atoms with Crippen LogP contribution in [0.15, 0.2) is 78.2 Å². The van der Waals surface area contributed by atoms with E-state index in [1.807, 2.05) is 53.9 Å². The van der Waals surface area contributed by atoms with Gasteiger partial charge in [0.25, 0.3) is 0 Å². The first-order valence-corrected chi connectivity index (χ1v) is 11.4. The van der Waals surface area contributed by atoms with Crippen LogP contribution in [-0.2, 0) is 4.74 Å². The molecule has 0 radical (unpaired) electrons. The summed E-state index contributed by atoms with van der Waals surface area (Å²) in [5, 5.41) is 26.3. The van der Waals surface area contributed by atoms with Gasteiger partial charge in [-0.2, -0.15) is 0 Å². The standard InChI is InChI=1S/C26H23NO4S/c28-23(25(29)22-15-32-24-12-6-5-11-20(22)24)13-27-26(30)31-14-21-18-9-3-1-7-16(18)17-8-2-4-10-19(17)21/h1-12,15,21,23,25,28-29H,13-14H2,(H,27,30). The zero-order chi connectivity index (χ0) is 22.1. The number of aliphatic hydroxyl groups is 2. The molecule has 0 saturated heterocycles. The van der Waals surface area contributed by atoms with E-state index in [1.165, 1.54) is 22.5 Å². The molecule has 0 saturated carbocycles. The van der Waals surface area contributed by atoms with E-state index >= 15 is 0 Å². The fourth-order valence-corrected chi connectivity index (χ4v) is 5.37. The Morgan fingerprint density at radius 3 is 2.28 bits per heavy atom. The first-order chi connectivity index (χ1) is 15.6. The number of nitrogens with one attached hydrogen (secondary N) is 1. The smallest absolute Gasteiger partial charge is 0.407 e. The van der Waals surface area contributed by atoms with E-state index in [1.54, 1.807) is 0 Å². The van der Waals surface area contributed by atoms with Gasteiger partial charge in [0.05, 0.1) is 0 Å². The summed E-state index contributed by atoms with van der Waals surface area (Å²) in [4.78, 5) is 12.3. The summed E-state index contributed by atoms with van der Waals surface area (Å²) in [6.45, 7) is 0.0929. The Kier molecular flexibility index (Phi) is 5.66. The minimum absolute atomic E-state index is 0.0270. The predicted molar refractivity (Wildman–Crippen MR) is 126 cm³/mol. The van der Waals surface area contributed by atoms with Crippen molar-refractivity contribution in [3.8, 4) is 11.1 Å². The second kappa shape index (κ2) is 8.74. The zero-order valence-corrected chi connectivity index (χ0v) is 18.1. The molecule has 2 unspecified atom stereocenters. The molecule has 1 amide bonds. The number of aliphatic hydroxyl groups excluding tert-OH is 2. The molecule has 0 aliphatic heterocycles. The van der Waals surface area contributed by atoms with E-state index < -0.39 is 18.3 Å². The van der Waals surface area contributed by atoms with Crippen LogP contribution in [0.25, 0.3) is 21.2 Å². The maximum absolute atomic E-state index is 12.3. The van der Waals surface area contributed by atoms with Crippen molar-refractivity contribution in [1.82, 2.24) is 5.32 Å². The number of ether oxygens (including phenoxy) is 1. The summed E-state index contributed by atoms with van der Waals surface area (Å²) >= 11 is 1.51. The van der Waals surface area contributed by atoms with Crippen LogP contribution in [0.5, 0.6) is 0 Å². The number of carbonyl (C=O) groups is 1. The minimum atomic E-state index is -1.14. The molecule has 1 aromatic heterocycles. The second-order valence-electron chi connectivity index (χ2n) is 7.91. The molecule has 5 rings (SSSR count). The highest BCUT2D eigenvalue weighted by Crippen LogP contribution is 2.44. The summed E-state index contributed by atoms with van der Waals surface area (Å²) in [5.74, 6) is -0.0270. The lowest BCUT2D eigenvalue weighted by Crippen LogP contribution is -2.36. The van der Waals surface area contributed by atoms with E-state index in [-0.39, 0.29) is 19.1 Å². The van der Waals surface area contributed by atoms with Gasteiger partial charge in [-0.3, -0.25) is 0 Å². The SMILES string of the molecule is O=C(NCC(O)C(O)c1csc2ccccc12)OCC1c2ccccc2-c2ccccc21. The van der Waals surface area contributed by atoms with Crippen molar-refractivity contribution in [2.45, 2.75) is 18.1 Å². The van der Waals surface area contributed by atoms with Gasteiger partial charge in [-0.25, -0.2) is 4.79 Å². The fourth-order valence-electron chi connectivity index (χ4n) is 4.38. The second-order valence-corrected chi connectivity index (χ2v) is 8.82. The number of amides is 1. The number of hydrogen-bond donors (Lipinski definition) is 3. The van der Waals surface area contributed by atoms with E-state index in [4.69, 9.17) is 4.74 Å². The van der Waals surface area contributed by atoms with Crippen LogP contribution in [0.1, 0.15) is 28.7 Å². The third-order valence-electron chi connectivity index (χ3n) is 5.99. The van der Waals surface area contributed by atoms with Gasteiger partial charge in [0, 0.05) is 22.7 Å². The summed E-state index contributed by atoms with van der Waals surface area (Å²) in [6, 6.07) is 24.0. The van der Waals surface area contributed by atoms with Crippen molar-refractivity contribution in [2.24, 2.45) is 0 Å². The first kappa shape index (κ1) is 20.7. The Hall–Kier alpha value is -3.19. The summed E-state index contributed by atoms with van der Waals surface area (Å²) < 4.78 is 6.53. The van der Waals surface area contributed by atoms with Crippen LogP contribution in [0.2, 0.25) is 0 Å². The van der Waals surface area contributed by atoms with Crippen molar-refractivity contribution in [2.75, 3.05) is 13.2 Å². The Labute approximate surface area is 189 Å². The lowest BCUT2D eigenvalue weighted by Gasteiger charge is -2.19. The summed E-state index contributed by atoms with van der Waals surface area (Å²) in [7, 11) is 0. The molecule has 1 aliphatic rings. The number of alkyl carbamates (subject to hydrolysis) is 1. The molecule has 5 nitrogen and oxygen atoms in total. The highest BCUT2D eigenvalue weighted by molar-refractivity contribution is 7.17. The zero-order valence-electron chi connectivity index (χ0n) is 17.3. The molecule has 32 heavy (non-hydrogen) atoms. The Morgan fingerprint density at radius 1 is 0.938 bits per heavy atom. The van der Waals surface area contributed by atoms with Crippen LogP contribution in [0, 0.1) is 0 Å². The maximum atomic E-state index is 12.3. The van der Waals surface area contributed by atoms with E-state index in [9.17, 15) is 15.0 Å². The highest BCUT2D eigenvalue weighted by atomic mass is 32.1. The Morgan fingerprint density at radius 2 is 1.56 bits per heavy atom. The molecule has 3 N–H and O–H groups in total. The molecule has 3 aromatic carbocycles. The molecule has 6 heteroatoms. The van der Waals surface area contributed by atoms with E-state index in [2.05, 4.69) is 29.6 Å². The Balaban J connectivity index is 1.20. The summed E-state index contributed by atoms with van der Waals surface area (Å²) in [6.07, 6.45) is -2.86. The van der Waals surface area contributed by atoms with Gasteiger partial charge in [-0.1, -0.05) is 66.7 Å². The molecule has 4 aromatic rings.